The molecule has 0 radical (unpaired) electrons. The second kappa shape index (κ2) is 16.6. The van der Waals surface area contributed by atoms with Crippen molar-refractivity contribution in [2.24, 2.45) is 0 Å². The van der Waals surface area contributed by atoms with Gasteiger partial charge in [0.2, 0.25) is 0 Å². The van der Waals surface area contributed by atoms with E-state index < -0.39 is 11.9 Å². The summed E-state index contributed by atoms with van der Waals surface area (Å²) in [6, 6.07) is 0. The lowest BCUT2D eigenvalue weighted by molar-refractivity contribution is -0.142. The Labute approximate surface area is 142 Å². The third-order valence-corrected chi connectivity index (χ3v) is 2.83. The SMILES string of the molecule is CCCOCCOCCN(CCOCC(=O)O)CCOCC(=O)O. The van der Waals surface area contributed by atoms with Gasteiger partial charge in [0.05, 0.1) is 33.0 Å². The van der Waals surface area contributed by atoms with Crippen molar-refractivity contribution in [2.75, 3.05) is 72.5 Å². The van der Waals surface area contributed by atoms with Crippen LogP contribution in [0.2, 0.25) is 0 Å². The summed E-state index contributed by atoms with van der Waals surface area (Å²) in [6.45, 7) is 5.82. The Hall–Kier alpha value is -1.26. The molecule has 9 heteroatoms. The number of rotatable bonds is 18. The maximum atomic E-state index is 10.4. The van der Waals surface area contributed by atoms with Gasteiger partial charge in [-0.3, -0.25) is 4.90 Å². The lowest BCUT2D eigenvalue weighted by Gasteiger charge is -2.21. The van der Waals surface area contributed by atoms with E-state index in [-0.39, 0.29) is 26.4 Å². The van der Waals surface area contributed by atoms with E-state index in [4.69, 9.17) is 29.2 Å². The first-order valence-electron chi connectivity index (χ1n) is 8.03. The van der Waals surface area contributed by atoms with Crippen LogP contribution in [0.25, 0.3) is 0 Å². The fourth-order valence-corrected chi connectivity index (χ4v) is 1.70. The number of carboxylic acid groups (broad SMARTS) is 2. The highest BCUT2D eigenvalue weighted by molar-refractivity contribution is 5.68. The standard InChI is InChI=1S/C15H29NO8/c1-2-6-21-10-11-22-7-3-16(4-8-23-12-14(17)18)5-9-24-13-15(19)20/h2-13H2,1H3,(H,17,18)(H,19,20). The summed E-state index contributed by atoms with van der Waals surface area (Å²) in [7, 11) is 0. The molecule has 0 aromatic heterocycles. The van der Waals surface area contributed by atoms with Crippen molar-refractivity contribution in [1.29, 1.82) is 0 Å². The van der Waals surface area contributed by atoms with Crippen LogP contribution < -0.4 is 0 Å². The third kappa shape index (κ3) is 17.1. The lowest BCUT2D eigenvalue weighted by Crippen LogP contribution is -2.34. The van der Waals surface area contributed by atoms with Gasteiger partial charge in [-0.15, -0.1) is 0 Å². The zero-order chi connectivity index (χ0) is 18.0. The zero-order valence-electron chi connectivity index (χ0n) is 14.3. The molecule has 9 nitrogen and oxygen atoms in total. The lowest BCUT2D eigenvalue weighted by atomic mass is 10.4. The van der Waals surface area contributed by atoms with Gasteiger partial charge in [0.15, 0.2) is 0 Å². The monoisotopic (exact) mass is 351 g/mol. The molecule has 0 heterocycles. The van der Waals surface area contributed by atoms with Crippen LogP contribution in [0.5, 0.6) is 0 Å². The molecule has 0 rings (SSSR count). The van der Waals surface area contributed by atoms with Crippen molar-refractivity contribution in [2.45, 2.75) is 13.3 Å². The maximum Gasteiger partial charge on any atom is 0.329 e. The summed E-state index contributed by atoms with van der Waals surface area (Å²) in [5.41, 5.74) is 0. The summed E-state index contributed by atoms with van der Waals surface area (Å²) in [6.07, 6.45) is 0.973. The molecule has 2 N–H and O–H groups in total. The fourth-order valence-electron chi connectivity index (χ4n) is 1.70. The number of ether oxygens (including phenoxy) is 4. The normalized spacial score (nSPS) is 11.1. The Balaban J connectivity index is 3.84. The minimum absolute atomic E-state index is 0.269. The highest BCUT2D eigenvalue weighted by Gasteiger charge is 2.07. The van der Waals surface area contributed by atoms with Crippen LogP contribution in [-0.2, 0) is 28.5 Å². The molecule has 0 aromatic rings. The number of carbonyl (C=O) groups is 2. The molecule has 0 aliphatic carbocycles. The molecule has 0 aliphatic rings. The number of hydrogen-bond acceptors (Lipinski definition) is 7. The third-order valence-electron chi connectivity index (χ3n) is 2.83. The van der Waals surface area contributed by atoms with Gasteiger partial charge in [-0.2, -0.15) is 0 Å². The molecule has 0 aromatic carbocycles. The van der Waals surface area contributed by atoms with E-state index in [2.05, 4.69) is 0 Å². The molecule has 0 bridgehead atoms. The molecule has 0 fully saturated rings. The van der Waals surface area contributed by atoms with Crippen LogP contribution in [0.1, 0.15) is 13.3 Å². The summed E-state index contributed by atoms with van der Waals surface area (Å²) < 4.78 is 20.8. The van der Waals surface area contributed by atoms with Gasteiger partial charge in [-0.1, -0.05) is 6.92 Å². The van der Waals surface area contributed by atoms with E-state index in [0.29, 0.717) is 39.5 Å². The molecule has 0 amide bonds. The predicted octanol–water partition coefficient (Wildman–Crippen LogP) is -0.0660. The second-order valence-corrected chi connectivity index (χ2v) is 4.96. The van der Waals surface area contributed by atoms with Crippen LogP contribution in [0, 0.1) is 0 Å². The zero-order valence-corrected chi connectivity index (χ0v) is 14.3. The molecule has 0 aliphatic heterocycles. The Kier molecular flexibility index (Phi) is 15.7. The Morgan fingerprint density at radius 2 is 1.12 bits per heavy atom. The first-order valence-corrected chi connectivity index (χ1v) is 8.03. The molecule has 0 saturated heterocycles. The van der Waals surface area contributed by atoms with Gasteiger partial charge < -0.3 is 29.2 Å². The van der Waals surface area contributed by atoms with Crippen molar-refractivity contribution >= 4 is 11.9 Å². The molecule has 0 unspecified atom stereocenters. The average molecular weight is 351 g/mol. The summed E-state index contributed by atoms with van der Waals surface area (Å²) >= 11 is 0. The van der Waals surface area contributed by atoms with Crippen LogP contribution in [0.15, 0.2) is 0 Å². The molecular formula is C15H29NO8. The van der Waals surface area contributed by atoms with E-state index in [1.165, 1.54) is 0 Å². The predicted molar refractivity (Wildman–Crippen MR) is 85.3 cm³/mol. The number of nitrogens with zero attached hydrogens (tertiary/aromatic N) is 1. The summed E-state index contributed by atoms with van der Waals surface area (Å²) in [4.78, 5) is 22.8. The van der Waals surface area contributed by atoms with Gasteiger partial charge in [0.25, 0.3) is 0 Å². The minimum atomic E-state index is -1.01. The number of carboxylic acids is 2. The maximum absolute atomic E-state index is 10.4. The van der Waals surface area contributed by atoms with Gasteiger partial charge in [-0.05, 0) is 6.42 Å². The van der Waals surface area contributed by atoms with Crippen molar-refractivity contribution in [3.63, 3.8) is 0 Å². The van der Waals surface area contributed by atoms with Crippen molar-refractivity contribution in [3.05, 3.63) is 0 Å². The molecular weight excluding hydrogens is 322 g/mol. The first-order chi connectivity index (χ1) is 11.6. The summed E-state index contributed by atoms with van der Waals surface area (Å²) in [5.74, 6) is -2.02. The van der Waals surface area contributed by atoms with Gasteiger partial charge >= 0.3 is 11.9 Å². The van der Waals surface area contributed by atoms with Crippen molar-refractivity contribution in [3.8, 4) is 0 Å². The van der Waals surface area contributed by atoms with Gasteiger partial charge in [0, 0.05) is 26.2 Å². The van der Waals surface area contributed by atoms with Crippen LogP contribution in [-0.4, -0.2) is 99.5 Å². The largest absolute Gasteiger partial charge is 0.480 e. The average Bonchev–Trinajstić information content (AvgIpc) is 2.53. The highest BCUT2D eigenvalue weighted by Crippen LogP contribution is 1.92. The van der Waals surface area contributed by atoms with E-state index >= 15 is 0 Å². The highest BCUT2D eigenvalue weighted by atomic mass is 16.5. The van der Waals surface area contributed by atoms with E-state index in [0.717, 1.165) is 13.0 Å². The molecule has 24 heavy (non-hydrogen) atoms. The summed E-state index contributed by atoms with van der Waals surface area (Å²) in [5, 5.41) is 17.0. The Bertz CT molecular complexity index is 305. The van der Waals surface area contributed by atoms with E-state index in [9.17, 15) is 9.59 Å². The smallest absolute Gasteiger partial charge is 0.329 e. The van der Waals surface area contributed by atoms with Crippen molar-refractivity contribution in [1.82, 2.24) is 4.90 Å². The van der Waals surface area contributed by atoms with E-state index in [1.807, 2.05) is 11.8 Å². The first kappa shape index (κ1) is 22.7. The molecule has 0 saturated carbocycles. The van der Waals surface area contributed by atoms with Crippen LogP contribution >= 0.6 is 0 Å². The topological polar surface area (TPSA) is 115 Å². The number of aliphatic carboxylic acids is 2. The van der Waals surface area contributed by atoms with Crippen LogP contribution in [0.3, 0.4) is 0 Å². The Morgan fingerprint density at radius 1 is 0.708 bits per heavy atom. The molecule has 0 spiro atoms. The van der Waals surface area contributed by atoms with Crippen LogP contribution in [0.4, 0.5) is 0 Å². The minimum Gasteiger partial charge on any atom is -0.480 e. The molecule has 142 valence electrons. The van der Waals surface area contributed by atoms with E-state index in [1.54, 1.807) is 0 Å². The van der Waals surface area contributed by atoms with Gasteiger partial charge in [-0.25, -0.2) is 9.59 Å². The quantitative estimate of drug-likeness (QED) is 0.328. The Morgan fingerprint density at radius 3 is 1.54 bits per heavy atom. The number of hydrogen-bond donors (Lipinski definition) is 2. The fraction of sp³-hybridized carbons (Fsp3) is 0.867. The van der Waals surface area contributed by atoms with Crippen molar-refractivity contribution < 1.29 is 38.7 Å². The van der Waals surface area contributed by atoms with Gasteiger partial charge in [0.1, 0.15) is 13.2 Å². The second-order valence-electron chi connectivity index (χ2n) is 4.96. The molecule has 0 atom stereocenters.